The first-order valence-electron chi connectivity index (χ1n) is 8.77. The molecule has 3 rings (SSSR count). The number of nitrogens with zero attached hydrogens (tertiary/aromatic N) is 2. The fourth-order valence-electron chi connectivity index (χ4n) is 2.93. The van der Waals surface area contributed by atoms with Crippen molar-refractivity contribution in [2.75, 3.05) is 7.11 Å². The number of ether oxygens (including phenoxy) is 1. The van der Waals surface area contributed by atoms with Gasteiger partial charge in [-0.1, -0.05) is 19.9 Å². The summed E-state index contributed by atoms with van der Waals surface area (Å²) in [6.07, 6.45) is 3.86. The summed E-state index contributed by atoms with van der Waals surface area (Å²) in [4.78, 5) is 36.6. The second kappa shape index (κ2) is 7.99. The van der Waals surface area contributed by atoms with Gasteiger partial charge in [0.2, 0.25) is 0 Å². The molecule has 0 aliphatic carbocycles. The Kier molecular flexibility index (Phi) is 5.49. The Morgan fingerprint density at radius 1 is 1.19 bits per heavy atom. The van der Waals surface area contributed by atoms with E-state index in [9.17, 15) is 9.59 Å². The Morgan fingerprint density at radius 3 is 2.59 bits per heavy atom. The van der Waals surface area contributed by atoms with Crippen molar-refractivity contribution in [3.63, 3.8) is 0 Å². The zero-order valence-electron chi connectivity index (χ0n) is 15.5. The molecule has 2 heterocycles. The number of rotatable bonds is 6. The molecule has 7 nitrogen and oxygen atoms in total. The number of methoxy groups -OCH3 is 1. The Balaban J connectivity index is 1.92. The molecule has 0 bridgehead atoms. The van der Waals surface area contributed by atoms with Gasteiger partial charge in [-0.3, -0.25) is 9.78 Å². The van der Waals surface area contributed by atoms with Crippen molar-refractivity contribution in [3.8, 4) is 11.4 Å². The predicted octanol–water partition coefficient (Wildman–Crippen LogP) is 2.94. The zero-order valence-corrected chi connectivity index (χ0v) is 15.5. The van der Waals surface area contributed by atoms with Gasteiger partial charge < -0.3 is 15.0 Å². The number of imidazole rings is 1. The van der Waals surface area contributed by atoms with Crippen LogP contribution in [-0.4, -0.2) is 40.0 Å². The quantitative estimate of drug-likeness (QED) is 0.654. The van der Waals surface area contributed by atoms with Crippen LogP contribution in [0.1, 0.15) is 30.6 Å². The van der Waals surface area contributed by atoms with Crippen molar-refractivity contribution in [1.29, 1.82) is 0 Å². The molecule has 140 valence electrons. The number of hydrogen-bond donors (Lipinski definition) is 2. The fraction of sp³-hybridized carbons (Fsp3) is 0.300. The minimum absolute atomic E-state index is 0.230. The summed E-state index contributed by atoms with van der Waals surface area (Å²) in [5.41, 5.74) is 2.57. The summed E-state index contributed by atoms with van der Waals surface area (Å²) in [7, 11) is 1.32. The van der Waals surface area contributed by atoms with E-state index in [1.54, 1.807) is 24.5 Å². The van der Waals surface area contributed by atoms with E-state index in [1.165, 1.54) is 7.11 Å². The third kappa shape index (κ3) is 4.13. The van der Waals surface area contributed by atoms with Gasteiger partial charge in [-0.2, -0.15) is 0 Å². The highest BCUT2D eigenvalue weighted by molar-refractivity contribution is 6.06. The van der Waals surface area contributed by atoms with Crippen molar-refractivity contribution < 1.29 is 14.3 Å². The molecule has 7 heteroatoms. The molecular formula is C20H22N4O3. The van der Waals surface area contributed by atoms with E-state index in [2.05, 4.69) is 20.3 Å². The van der Waals surface area contributed by atoms with Crippen molar-refractivity contribution in [1.82, 2.24) is 20.3 Å². The Labute approximate surface area is 157 Å². The van der Waals surface area contributed by atoms with Crippen molar-refractivity contribution >= 4 is 22.9 Å². The van der Waals surface area contributed by atoms with E-state index in [0.29, 0.717) is 23.3 Å². The number of para-hydroxylation sites is 1. The van der Waals surface area contributed by atoms with Gasteiger partial charge in [0, 0.05) is 18.0 Å². The molecule has 0 saturated carbocycles. The van der Waals surface area contributed by atoms with E-state index in [-0.39, 0.29) is 11.8 Å². The Bertz CT molecular complexity index is 950. The summed E-state index contributed by atoms with van der Waals surface area (Å²) in [6.45, 7) is 3.97. The van der Waals surface area contributed by atoms with Crippen LogP contribution in [0, 0.1) is 5.92 Å². The van der Waals surface area contributed by atoms with Crippen LogP contribution in [0.15, 0.2) is 42.7 Å². The number of amides is 1. The Hall–Kier alpha value is -3.22. The van der Waals surface area contributed by atoms with Crippen LogP contribution in [0.5, 0.6) is 0 Å². The highest BCUT2D eigenvalue weighted by Crippen LogP contribution is 2.22. The lowest BCUT2D eigenvalue weighted by Gasteiger charge is -2.18. The first kappa shape index (κ1) is 18.6. The van der Waals surface area contributed by atoms with Crippen LogP contribution in [0.25, 0.3) is 22.4 Å². The van der Waals surface area contributed by atoms with Crippen LogP contribution >= 0.6 is 0 Å². The molecule has 0 unspecified atom stereocenters. The van der Waals surface area contributed by atoms with Crippen LogP contribution in [0.4, 0.5) is 0 Å². The lowest BCUT2D eigenvalue weighted by molar-refractivity contribution is -0.143. The van der Waals surface area contributed by atoms with E-state index in [0.717, 1.165) is 11.1 Å². The van der Waals surface area contributed by atoms with Crippen LogP contribution < -0.4 is 5.32 Å². The maximum Gasteiger partial charge on any atom is 0.328 e. The zero-order chi connectivity index (χ0) is 19.4. The number of carbonyl (C=O) groups excluding carboxylic acids is 2. The van der Waals surface area contributed by atoms with Crippen LogP contribution in [-0.2, 0) is 9.53 Å². The number of pyridine rings is 1. The molecule has 1 aromatic carbocycles. The second-order valence-corrected chi connectivity index (χ2v) is 6.70. The maximum atomic E-state index is 12.8. The smallest absolute Gasteiger partial charge is 0.328 e. The number of nitrogens with one attached hydrogen (secondary N) is 2. The van der Waals surface area contributed by atoms with E-state index >= 15 is 0 Å². The summed E-state index contributed by atoms with van der Waals surface area (Å²) < 4.78 is 4.82. The minimum Gasteiger partial charge on any atom is -0.467 e. The number of benzene rings is 1. The molecule has 3 aromatic rings. The molecule has 1 amide bonds. The highest BCUT2D eigenvalue weighted by Gasteiger charge is 2.24. The van der Waals surface area contributed by atoms with E-state index < -0.39 is 12.0 Å². The lowest BCUT2D eigenvalue weighted by Crippen LogP contribution is -2.42. The Morgan fingerprint density at radius 2 is 1.93 bits per heavy atom. The van der Waals surface area contributed by atoms with Gasteiger partial charge in [0.05, 0.1) is 18.2 Å². The second-order valence-electron chi connectivity index (χ2n) is 6.70. The number of carbonyl (C=O) groups is 2. The molecule has 0 aliphatic rings. The van der Waals surface area contributed by atoms with Crippen LogP contribution in [0.2, 0.25) is 0 Å². The van der Waals surface area contributed by atoms with Crippen LogP contribution in [0.3, 0.4) is 0 Å². The molecule has 0 spiro atoms. The summed E-state index contributed by atoms with van der Waals surface area (Å²) in [5, 5.41) is 2.78. The van der Waals surface area contributed by atoms with Gasteiger partial charge in [-0.15, -0.1) is 0 Å². The molecule has 1 atom stereocenters. The summed E-state index contributed by atoms with van der Waals surface area (Å²) >= 11 is 0. The first-order valence-corrected chi connectivity index (χ1v) is 8.77. The van der Waals surface area contributed by atoms with Crippen molar-refractivity contribution in [2.45, 2.75) is 26.3 Å². The topological polar surface area (TPSA) is 97.0 Å². The van der Waals surface area contributed by atoms with Gasteiger partial charge in [0.25, 0.3) is 5.91 Å². The largest absolute Gasteiger partial charge is 0.467 e. The predicted molar refractivity (Wildman–Crippen MR) is 102 cm³/mol. The van der Waals surface area contributed by atoms with Gasteiger partial charge in [0.15, 0.2) is 0 Å². The van der Waals surface area contributed by atoms with E-state index in [1.807, 2.05) is 32.0 Å². The minimum atomic E-state index is -0.698. The van der Waals surface area contributed by atoms with Crippen molar-refractivity contribution in [3.05, 3.63) is 48.3 Å². The molecule has 0 radical (unpaired) electrons. The maximum absolute atomic E-state index is 12.8. The highest BCUT2D eigenvalue weighted by atomic mass is 16.5. The molecule has 2 aromatic heterocycles. The van der Waals surface area contributed by atoms with E-state index in [4.69, 9.17) is 4.74 Å². The fourth-order valence-corrected chi connectivity index (χ4v) is 2.93. The number of fused-ring (bicyclic) bond motifs is 1. The third-order valence-corrected chi connectivity index (χ3v) is 4.21. The summed E-state index contributed by atoms with van der Waals surface area (Å²) in [6, 6.07) is 8.31. The van der Waals surface area contributed by atoms with Gasteiger partial charge in [-0.05, 0) is 36.6 Å². The van der Waals surface area contributed by atoms with Crippen molar-refractivity contribution in [2.24, 2.45) is 5.92 Å². The average Bonchev–Trinajstić information content (AvgIpc) is 3.11. The number of esters is 1. The molecule has 0 aliphatic heterocycles. The molecular weight excluding hydrogens is 344 g/mol. The normalized spacial score (nSPS) is 12.1. The van der Waals surface area contributed by atoms with Gasteiger partial charge in [-0.25, -0.2) is 9.78 Å². The van der Waals surface area contributed by atoms with Gasteiger partial charge in [0.1, 0.15) is 17.4 Å². The number of H-pyrrole nitrogens is 1. The molecule has 2 N–H and O–H groups in total. The number of aromatic amines is 1. The lowest BCUT2D eigenvalue weighted by atomic mass is 10.0. The standard InChI is InChI=1S/C20H22N4O3/c1-12(2)11-16(20(26)27-3)23-19(25)14-5-4-6-15-17(14)24-18(22-15)13-7-9-21-10-8-13/h4-10,12,16H,11H2,1-3H3,(H,22,24)(H,23,25)/t16-/m0/s1. The third-order valence-electron chi connectivity index (χ3n) is 4.21. The summed E-state index contributed by atoms with van der Waals surface area (Å²) in [5.74, 6) is 0.0707. The van der Waals surface area contributed by atoms with Gasteiger partial charge >= 0.3 is 5.97 Å². The SMILES string of the molecule is COC(=O)[C@H](CC(C)C)NC(=O)c1cccc2[nH]c(-c3ccncc3)nc12. The molecule has 27 heavy (non-hydrogen) atoms. The average molecular weight is 366 g/mol. The molecule has 0 saturated heterocycles. The first-order chi connectivity index (χ1) is 13.0. The molecule has 0 fully saturated rings. The number of hydrogen-bond acceptors (Lipinski definition) is 5. The monoisotopic (exact) mass is 366 g/mol. The number of aromatic nitrogens is 3.